The van der Waals surface area contributed by atoms with Gasteiger partial charge in [-0.05, 0) is 42.2 Å². The summed E-state index contributed by atoms with van der Waals surface area (Å²) in [5.74, 6) is -2.16. The summed E-state index contributed by atoms with van der Waals surface area (Å²) in [7, 11) is -2.63. The number of fused-ring (bicyclic) bond motifs is 1. The van der Waals surface area contributed by atoms with Crippen molar-refractivity contribution >= 4 is 78.6 Å². The number of carbonyl (C=O) groups is 4. The fraction of sp³-hybridized carbons (Fsp3) is 0.360. The summed E-state index contributed by atoms with van der Waals surface area (Å²) in [4.78, 5) is 59.5. The lowest BCUT2D eigenvalue weighted by molar-refractivity contribution is -0.150. The third-order valence-electron chi connectivity index (χ3n) is 6.43. The van der Waals surface area contributed by atoms with Crippen molar-refractivity contribution in [2.45, 2.75) is 36.6 Å². The fourth-order valence-corrected chi connectivity index (χ4v) is 8.01. The molecule has 1 fully saturated rings. The van der Waals surface area contributed by atoms with Gasteiger partial charge in [-0.15, -0.1) is 23.1 Å². The quantitative estimate of drug-likeness (QED) is 0.108. The average molecular weight is 669 g/mol. The zero-order valence-corrected chi connectivity index (χ0v) is 26.4. The van der Waals surface area contributed by atoms with Gasteiger partial charge in [-0.3, -0.25) is 19.3 Å². The van der Waals surface area contributed by atoms with Crippen molar-refractivity contribution in [3.05, 3.63) is 51.7 Å². The Morgan fingerprint density at radius 2 is 2.07 bits per heavy atom. The van der Waals surface area contributed by atoms with Crippen LogP contribution in [0.2, 0.25) is 0 Å². The lowest BCUT2D eigenvalue weighted by Crippen LogP contribution is -2.71. The first kappa shape index (κ1) is 32.5. The van der Waals surface area contributed by atoms with Crippen LogP contribution in [-0.2, 0) is 40.5 Å². The highest BCUT2D eigenvalue weighted by Crippen LogP contribution is 2.41. The number of oxime groups is 1. The van der Waals surface area contributed by atoms with Crippen LogP contribution in [-0.4, -0.2) is 88.6 Å². The highest BCUT2D eigenvalue weighted by molar-refractivity contribution is 8.13. The Balaban J connectivity index is 1.52. The van der Waals surface area contributed by atoms with Crippen molar-refractivity contribution < 1.29 is 37.5 Å². The molecule has 2 aromatic rings. The lowest BCUT2D eigenvalue weighted by atomic mass is 9.97. The van der Waals surface area contributed by atoms with E-state index in [1.165, 1.54) is 43.3 Å². The van der Waals surface area contributed by atoms with Gasteiger partial charge in [-0.25, -0.2) is 22.9 Å². The number of hydrogen-bond donors (Lipinski definition) is 4. The van der Waals surface area contributed by atoms with Crippen molar-refractivity contribution in [2.75, 3.05) is 30.9 Å². The Morgan fingerprint density at radius 3 is 2.70 bits per heavy atom. The number of rotatable bonds is 12. The number of thioether (sulfide) groups is 2. The van der Waals surface area contributed by atoms with Crippen molar-refractivity contribution in [3.8, 4) is 0 Å². The number of anilines is 1. The van der Waals surface area contributed by atoms with Crippen LogP contribution in [0.4, 0.5) is 5.13 Å². The summed E-state index contributed by atoms with van der Waals surface area (Å²) >= 11 is 3.38. The van der Waals surface area contributed by atoms with E-state index in [-0.39, 0.29) is 56.7 Å². The molecule has 1 aromatic carbocycles. The minimum absolute atomic E-state index is 0.00191. The number of carbonyl (C=O) groups excluding carboxylic acids is 3. The van der Waals surface area contributed by atoms with E-state index in [9.17, 15) is 32.7 Å². The van der Waals surface area contributed by atoms with Crippen LogP contribution >= 0.6 is 34.9 Å². The number of carboxylic acid groups (broad SMARTS) is 1. The molecular formula is C25H28N6O8S4. The number of carboxylic acids is 1. The van der Waals surface area contributed by atoms with Gasteiger partial charge >= 0.3 is 5.97 Å². The van der Waals surface area contributed by atoms with E-state index in [4.69, 9.17) is 10.6 Å². The number of amides is 2. The summed E-state index contributed by atoms with van der Waals surface area (Å²) in [6.45, 7) is 3.24. The summed E-state index contributed by atoms with van der Waals surface area (Å²) in [6.07, 6.45) is 0.0907. The Bertz CT molecular complexity index is 1640. The van der Waals surface area contributed by atoms with E-state index in [1.807, 2.05) is 0 Å². The number of β-lactam (4-membered cyclic amide) rings is 1. The van der Waals surface area contributed by atoms with Crippen molar-refractivity contribution in [1.82, 2.24) is 19.9 Å². The molecule has 4 rings (SSSR count). The Labute approximate surface area is 259 Å². The van der Waals surface area contributed by atoms with Crippen molar-refractivity contribution in [1.29, 1.82) is 0 Å². The number of aromatic nitrogens is 1. The summed E-state index contributed by atoms with van der Waals surface area (Å²) in [5.41, 5.74) is 7.18. The summed E-state index contributed by atoms with van der Waals surface area (Å²) in [6, 6.07) is 3.53. The third kappa shape index (κ3) is 7.20. The molecular weight excluding hydrogens is 641 g/mol. The number of nitrogens with two attached hydrogens (primary N) is 1. The van der Waals surface area contributed by atoms with Gasteiger partial charge in [0.2, 0.25) is 10.0 Å². The van der Waals surface area contributed by atoms with Gasteiger partial charge < -0.3 is 21.0 Å². The number of thiazole rings is 1. The predicted octanol–water partition coefficient (Wildman–Crippen LogP) is 0.924. The molecule has 0 saturated carbocycles. The van der Waals surface area contributed by atoms with Crippen LogP contribution in [0.3, 0.4) is 0 Å². The van der Waals surface area contributed by atoms with Crippen molar-refractivity contribution in [2.24, 2.45) is 5.16 Å². The Kier molecular flexibility index (Phi) is 10.2. The molecule has 0 aliphatic carbocycles. The first-order valence-electron chi connectivity index (χ1n) is 12.6. The SMILES string of the molecule is CON=C(C(=O)N[C@@H]1C(=O)N2C(C(=O)O)=C(Cc3cc(S(=O)(=O)NCCSC(C)=O)ccc3C)CS[C@H]12)c1csc(N)n1. The molecule has 18 heteroatoms. The van der Waals surface area contributed by atoms with Gasteiger partial charge in [0.15, 0.2) is 16.0 Å². The molecule has 1 saturated heterocycles. The first-order valence-corrected chi connectivity index (χ1v) is 17.0. The van der Waals surface area contributed by atoms with Crippen molar-refractivity contribution in [3.63, 3.8) is 0 Å². The number of hydrogen-bond acceptors (Lipinski definition) is 13. The third-order valence-corrected chi connectivity index (χ3v) is 10.7. The van der Waals surface area contributed by atoms with Gasteiger partial charge in [0.25, 0.3) is 11.8 Å². The zero-order valence-electron chi connectivity index (χ0n) is 23.1. The predicted molar refractivity (Wildman–Crippen MR) is 163 cm³/mol. The molecule has 0 bridgehead atoms. The standard InChI is InChI=1S/C25H28N6O8S4/c1-12-4-5-16(43(37,38)27-6-7-40-13(2)32)9-14(12)8-15-10-41-23-19(22(34)31(23)20(15)24(35)36)29-21(33)18(30-39-3)17-11-42-25(26)28-17/h4-5,9,11,19,23,27H,6-8,10H2,1-3H3,(H2,26,28)(H,29,33)(H,35,36)/t19-,23-/m1/s1. The maximum Gasteiger partial charge on any atom is 0.352 e. The fourth-order valence-electron chi connectivity index (χ4n) is 4.41. The minimum atomic E-state index is -3.88. The molecule has 2 aliphatic heterocycles. The van der Waals surface area contributed by atoms with Gasteiger partial charge in [-0.2, -0.15) is 0 Å². The van der Waals surface area contributed by atoms with Gasteiger partial charge in [-0.1, -0.05) is 23.0 Å². The normalized spacial score (nSPS) is 18.6. The summed E-state index contributed by atoms with van der Waals surface area (Å²) in [5, 5.41) is 17.3. The van der Waals surface area contributed by atoms with E-state index in [0.717, 1.165) is 33.6 Å². The number of aliphatic carboxylic acids is 1. The number of aryl methyl sites for hydroxylation is 1. The Morgan fingerprint density at radius 1 is 1.33 bits per heavy atom. The number of nitrogens with zero attached hydrogens (tertiary/aromatic N) is 3. The van der Waals surface area contributed by atoms with E-state index in [2.05, 4.69) is 20.2 Å². The van der Waals surface area contributed by atoms with Crippen LogP contribution in [0.25, 0.3) is 0 Å². The van der Waals surface area contributed by atoms with E-state index >= 15 is 0 Å². The minimum Gasteiger partial charge on any atom is -0.477 e. The molecule has 14 nitrogen and oxygen atoms in total. The molecule has 0 radical (unpaired) electrons. The molecule has 1 aromatic heterocycles. The zero-order chi connectivity index (χ0) is 31.5. The molecule has 43 heavy (non-hydrogen) atoms. The van der Waals surface area contributed by atoms with Crippen LogP contribution in [0.15, 0.2) is 44.9 Å². The second-order valence-corrected chi connectivity index (χ2v) is 14.3. The molecule has 0 unspecified atom stereocenters. The van der Waals surface area contributed by atoms with Crippen LogP contribution < -0.4 is 15.8 Å². The maximum absolute atomic E-state index is 13.2. The lowest BCUT2D eigenvalue weighted by Gasteiger charge is -2.49. The number of benzene rings is 1. The molecule has 0 spiro atoms. The molecule has 2 amide bonds. The molecule has 3 heterocycles. The average Bonchev–Trinajstić information content (AvgIpc) is 3.38. The highest BCUT2D eigenvalue weighted by Gasteiger charge is 2.54. The molecule has 230 valence electrons. The Hall–Kier alpha value is -3.45. The second-order valence-electron chi connectivity index (χ2n) is 9.31. The number of nitrogen functional groups attached to an aromatic ring is 1. The largest absolute Gasteiger partial charge is 0.477 e. The van der Waals surface area contributed by atoms with Gasteiger partial charge in [0, 0.05) is 30.4 Å². The second kappa shape index (κ2) is 13.5. The van der Waals surface area contributed by atoms with E-state index < -0.39 is 39.2 Å². The topological polar surface area (TPSA) is 210 Å². The monoisotopic (exact) mass is 668 g/mol. The number of sulfonamides is 1. The number of nitrogens with one attached hydrogen (secondary N) is 2. The summed E-state index contributed by atoms with van der Waals surface area (Å²) < 4.78 is 28.1. The highest BCUT2D eigenvalue weighted by atomic mass is 32.2. The van der Waals surface area contributed by atoms with E-state index in [0.29, 0.717) is 11.1 Å². The molecule has 2 atom stereocenters. The van der Waals surface area contributed by atoms with Crippen LogP contribution in [0.5, 0.6) is 0 Å². The van der Waals surface area contributed by atoms with Crippen LogP contribution in [0.1, 0.15) is 23.7 Å². The van der Waals surface area contributed by atoms with Gasteiger partial charge in [0.1, 0.15) is 29.9 Å². The van der Waals surface area contributed by atoms with Crippen LogP contribution in [0, 0.1) is 6.92 Å². The maximum atomic E-state index is 13.2. The first-order chi connectivity index (χ1) is 20.3. The van der Waals surface area contributed by atoms with Gasteiger partial charge in [0.05, 0.1) is 4.90 Å². The van der Waals surface area contributed by atoms with E-state index in [1.54, 1.807) is 13.0 Å². The molecule has 5 N–H and O–H groups in total. The molecule has 2 aliphatic rings. The smallest absolute Gasteiger partial charge is 0.352 e.